The van der Waals surface area contributed by atoms with E-state index >= 15 is 0 Å². The molecule has 0 saturated carbocycles. The van der Waals surface area contributed by atoms with Crippen LogP contribution in [0.1, 0.15) is 69.2 Å². The maximum atomic E-state index is 13.3. The van der Waals surface area contributed by atoms with Gasteiger partial charge in [-0.2, -0.15) is 0 Å². The second kappa shape index (κ2) is 8.02. The third-order valence-electron chi connectivity index (χ3n) is 5.61. The van der Waals surface area contributed by atoms with E-state index in [1.807, 2.05) is 6.92 Å². The van der Waals surface area contributed by atoms with Crippen LogP contribution in [0.25, 0.3) is 0 Å². The molecule has 2 atom stereocenters. The molecule has 0 aromatic heterocycles. The SMILES string of the molecule is CCCC[C@H](CC)C(=O)N1C(=O)[C@@H]2CCCCN2C(=O)c2ccccc21. The van der Waals surface area contributed by atoms with Crippen molar-refractivity contribution in [2.75, 3.05) is 11.4 Å². The van der Waals surface area contributed by atoms with Gasteiger partial charge in [0.15, 0.2) is 0 Å². The summed E-state index contributed by atoms with van der Waals surface area (Å²) in [6.45, 7) is 4.67. The van der Waals surface area contributed by atoms with Crippen molar-refractivity contribution in [3.05, 3.63) is 29.8 Å². The zero-order valence-electron chi connectivity index (χ0n) is 15.7. The number of rotatable bonds is 5. The molecule has 1 aromatic carbocycles. The molecule has 2 aliphatic rings. The molecule has 0 aliphatic carbocycles. The lowest BCUT2D eigenvalue weighted by Crippen LogP contribution is -2.53. The highest BCUT2D eigenvalue weighted by Gasteiger charge is 2.43. The predicted molar refractivity (Wildman–Crippen MR) is 101 cm³/mol. The molecule has 1 saturated heterocycles. The first-order valence-corrected chi connectivity index (χ1v) is 9.87. The van der Waals surface area contributed by atoms with Gasteiger partial charge in [-0.05, 0) is 44.2 Å². The number of imide groups is 1. The minimum absolute atomic E-state index is 0.129. The second-order valence-electron chi connectivity index (χ2n) is 7.29. The average molecular weight is 356 g/mol. The van der Waals surface area contributed by atoms with E-state index in [1.54, 1.807) is 29.2 Å². The number of hydrogen-bond donors (Lipinski definition) is 0. The number of carbonyl (C=O) groups is 3. The van der Waals surface area contributed by atoms with Gasteiger partial charge in [-0.15, -0.1) is 0 Å². The van der Waals surface area contributed by atoms with Gasteiger partial charge in [0, 0.05) is 12.5 Å². The molecule has 0 bridgehead atoms. The molecule has 5 nitrogen and oxygen atoms in total. The summed E-state index contributed by atoms with van der Waals surface area (Å²) in [5, 5.41) is 0. The molecule has 26 heavy (non-hydrogen) atoms. The Balaban J connectivity index is 2.04. The van der Waals surface area contributed by atoms with Crippen LogP contribution in [0.4, 0.5) is 5.69 Å². The highest BCUT2D eigenvalue weighted by Crippen LogP contribution is 2.33. The smallest absolute Gasteiger partial charge is 0.256 e. The minimum Gasteiger partial charge on any atom is -0.327 e. The Kier molecular flexibility index (Phi) is 5.74. The Morgan fingerprint density at radius 1 is 1.19 bits per heavy atom. The fourth-order valence-electron chi connectivity index (χ4n) is 4.07. The van der Waals surface area contributed by atoms with Crippen LogP contribution in [0.2, 0.25) is 0 Å². The average Bonchev–Trinajstić information content (AvgIpc) is 2.77. The summed E-state index contributed by atoms with van der Waals surface area (Å²) in [4.78, 5) is 42.7. The third-order valence-corrected chi connectivity index (χ3v) is 5.61. The van der Waals surface area contributed by atoms with Crippen molar-refractivity contribution in [1.82, 2.24) is 4.90 Å². The summed E-state index contributed by atoms with van der Waals surface area (Å²) in [5.74, 6) is -0.700. The van der Waals surface area contributed by atoms with Crippen molar-refractivity contribution >= 4 is 23.4 Å². The maximum absolute atomic E-state index is 13.3. The third kappa shape index (κ3) is 3.27. The second-order valence-corrected chi connectivity index (χ2v) is 7.29. The number of anilines is 1. The number of unbranched alkanes of at least 4 members (excludes halogenated alkanes) is 1. The molecule has 0 N–H and O–H groups in total. The quantitative estimate of drug-likeness (QED) is 0.807. The highest BCUT2D eigenvalue weighted by molar-refractivity contribution is 6.22. The first kappa shape index (κ1) is 18.6. The first-order valence-electron chi connectivity index (χ1n) is 9.87. The number of carbonyl (C=O) groups excluding carboxylic acids is 3. The Morgan fingerprint density at radius 2 is 1.96 bits per heavy atom. The summed E-state index contributed by atoms with van der Waals surface area (Å²) >= 11 is 0. The molecule has 2 aliphatic heterocycles. The molecule has 0 spiro atoms. The molecule has 3 amide bonds. The van der Waals surface area contributed by atoms with Crippen LogP contribution in [-0.4, -0.2) is 35.2 Å². The van der Waals surface area contributed by atoms with Gasteiger partial charge in [-0.25, -0.2) is 4.90 Å². The van der Waals surface area contributed by atoms with E-state index in [2.05, 4.69) is 6.92 Å². The lowest BCUT2D eigenvalue weighted by Gasteiger charge is -2.34. The number of para-hydroxylation sites is 1. The van der Waals surface area contributed by atoms with E-state index in [0.29, 0.717) is 30.6 Å². The standard InChI is InChI=1S/C21H28N2O3/c1-3-5-10-15(4-2)19(24)23-17-12-7-6-11-16(17)20(25)22-14-9-8-13-18(22)21(23)26/h6-7,11-12,15,18H,3-5,8-10,13-14H2,1-2H3/t15-,18-/m0/s1. The van der Waals surface area contributed by atoms with Gasteiger partial charge in [-0.1, -0.05) is 38.8 Å². The zero-order chi connectivity index (χ0) is 18.7. The monoisotopic (exact) mass is 356 g/mol. The van der Waals surface area contributed by atoms with Crippen molar-refractivity contribution < 1.29 is 14.4 Å². The summed E-state index contributed by atoms with van der Waals surface area (Å²) in [5.41, 5.74) is 0.917. The zero-order valence-corrected chi connectivity index (χ0v) is 15.7. The van der Waals surface area contributed by atoms with Crippen molar-refractivity contribution in [2.45, 2.75) is 64.8 Å². The molecule has 0 radical (unpaired) electrons. The van der Waals surface area contributed by atoms with E-state index in [9.17, 15) is 14.4 Å². The van der Waals surface area contributed by atoms with Crippen molar-refractivity contribution in [2.24, 2.45) is 5.92 Å². The summed E-state index contributed by atoms with van der Waals surface area (Å²) in [7, 11) is 0. The minimum atomic E-state index is -0.517. The van der Waals surface area contributed by atoms with Crippen LogP contribution in [0.5, 0.6) is 0 Å². The van der Waals surface area contributed by atoms with Crippen LogP contribution in [0.15, 0.2) is 24.3 Å². The molecule has 2 heterocycles. The van der Waals surface area contributed by atoms with Gasteiger partial charge in [0.1, 0.15) is 6.04 Å². The largest absolute Gasteiger partial charge is 0.327 e. The number of piperidine rings is 1. The lowest BCUT2D eigenvalue weighted by atomic mass is 9.96. The van der Waals surface area contributed by atoms with Crippen LogP contribution in [-0.2, 0) is 9.59 Å². The van der Waals surface area contributed by atoms with Crippen LogP contribution in [0.3, 0.4) is 0 Å². The van der Waals surface area contributed by atoms with Gasteiger partial charge < -0.3 is 4.90 Å². The lowest BCUT2D eigenvalue weighted by molar-refractivity contribution is -0.131. The predicted octanol–water partition coefficient (Wildman–Crippen LogP) is 3.77. The highest BCUT2D eigenvalue weighted by atomic mass is 16.2. The molecule has 1 aromatic rings. The van der Waals surface area contributed by atoms with Gasteiger partial charge >= 0.3 is 0 Å². The molecule has 5 heteroatoms. The number of benzene rings is 1. The Hall–Kier alpha value is -2.17. The molecular formula is C21H28N2O3. The number of nitrogens with zero attached hydrogens (tertiary/aromatic N) is 2. The van der Waals surface area contributed by atoms with Crippen molar-refractivity contribution in [3.63, 3.8) is 0 Å². The van der Waals surface area contributed by atoms with E-state index in [1.165, 1.54) is 4.90 Å². The fourth-order valence-corrected chi connectivity index (χ4v) is 4.07. The molecule has 1 fully saturated rings. The van der Waals surface area contributed by atoms with E-state index in [4.69, 9.17) is 0 Å². The normalized spacial score (nSPS) is 21.1. The van der Waals surface area contributed by atoms with E-state index < -0.39 is 6.04 Å². The Bertz CT molecular complexity index is 700. The van der Waals surface area contributed by atoms with Crippen LogP contribution >= 0.6 is 0 Å². The van der Waals surface area contributed by atoms with Crippen molar-refractivity contribution in [3.8, 4) is 0 Å². The molecule has 3 rings (SSSR count). The van der Waals surface area contributed by atoms with Gasteiger partial charge in [0.25, 0.3) is 11.8 Å². The number of amides is 3. The van der Waals surface area contributed by atoms with Gasteiger partial charge in [0.05, 0.1) is 11.3 Å². The van der Waals surface area contributed by atoms with Crippen LogP contribution in [0, 0.1) is 5.92 Å². The summed E-state index contributed by atoms with van der Waals surface area (Å²) < 4.78 is 0. The van der Waals surface area contributed by atoms with Gasteiger partial charge in [-0.3, -0.25) is 14.4 Å². The number of hydrogen-bond acceptors (Lipinski definition) is 3. The van der Waals surface area contributed by atoms with E-state index in [-0.39, 0.29) is 23.6 Å². The van der Waals surface area contributed by atoms with Crippen molar-refractivity contribution in [1.29, 1.82) is 0 Å². The molecular weight excluding hydrogens is 328 g/mol. The summed E-state index contributed by atoms with van der Waals surface area (Å²) in [6.07, 6.45) is 5.90. The fraction of sp³-hybridized carbons (Fsp3) is 0.571. The topological polar surface area (TPSA) is 57.7 Å². The van der Waals surface area contributed by atoms with Crippen LogP contribution < -0.4 is 4.90 Å². The first-order chi connectivity index (χ1) is 12.6. The van der Waals surface area contributed by atoms with E-state index in [0.717, 1.165) is 32.1 Å². The number of fused-ring (bicyclic) bond motifs is 2. The molecule has 140 valence electrons. The molecule has 0 unspecified atom stereocenters. The Morgan fingerprint density at radius 3 is 2.69 bits per heavy atom. The Labute approximate surface area is 155 Å². The van der Waals surface area contributed by atoms with Gasteiger partial charge in [0.2, 0.25) is 5.91 Å². The summed E-state index contributed by atoms with van der Waals surface area (Å²) in [6, 6.07) is 6.53. The maximum Gasteiger partial charge on any atom is 0.256 e.